The summed E-state index contributed by atoms with van der Waals surface area (Å²) in [5.41, 5.74) is 4.67. The molecule has 0 aliphatic rings. The summed E-state index contributed by atoms with van der Waals surface area (Å²) >= 11 is 0. The van der Waals surface area contributed by atoms with Gasteiger partial charge < -0.3 is 10.6 Å². The number of benzene rings is 1. The number of anilines is 3. The summed E-state index contributed by atoms with van der Waals surface area (Å²) in [7, 11) is 1.78. The second-order valence-electron chi connectivity index (χ2n) is 6.03. The first kappa shape index (κ1) is 20.7. The van der Waals surface area contributed by atoms with Gasteiger partial charge in [0.05, 0.1) is 17.6 Å². The molecule has 0 spiro atoms. The lowest BCUT2D eigenvalue weighted by Gasteiger charge is -2.10. The predicted molar refractivity (Wildman–Crippen MR) is 118 cm³/mol. The van der Waals surface area contributed by atoms with Gasteiger partial charge >= 0.3 is 0 Å². The number of imidazole rings is 1. The maximum atomic E-state index is 11.2. The Morgan fingerprint density at radius 3 is 2.47 bits per heavy atom. The van der Waals surface area contributed by atoms with Crippen molar-refractivity contribution in [2.45, 2.75) is 13.8 Å². The molecule has 3 heterocycles. The number of carbonyl (C=O) groups is 2. The van der Waals surface area contributed by atoms with E-state index in [1.807, 2.05) is 44.2 Å². The molecule has 30 heavy (non-hydrogen) atoms. The van der Waals surface area contributed by atoms with Gasteiger partial charge in [0.25, 0.3) is 0 Å². The molecule has 3 aromatic heterocycles. The average Bonchev–Trinajstić information content (AvgIpc) is 3.23. The summed E-state index contributed by atoms with van der Waals surface area (Å²) in [6.45, 7) is 4.00. The van der Waals surface area contributed by atoms with Crippen LogP contribution < -0.4 is 10.6 Å². The average molecular weight is 402 g/mol. The second kappa shape index (κ2) is 9.42. The molecule has 8 nitrogen and oxygen atoms in total. The summed E-state index contributed by atoms with van der Waals surface area (Å²) in [6, 6.07) is 13.0. The van der Waals surface area contributed by atoms with Crippen LogP contribution in [0.5, 0.6) is 0 Å². The van der Waals surface area contributed by atoms with Crippen molar-refractivity contribution in [3.8, 4) is 11.3 Å². The summed E-state index contributed by atoms with van der Waals surface area (Å²) < 4.78 is 1.49. The van der Waals surface area contributed by atoms with Crippen molar-refractivity contribution in [2.75, 3.05) is 17.7 Å². The third kappa shape index (κ3) is 4.17. The molecule has 0 aliphatic carbocycles. The lowest BCUT2D eigenvalue weighted by molar-refractivity contribution is 0.111. The molecule has 0 fully saturated rings. The van der Waals surface area contributed by atoms with Crippen LogP contribution in [0.15, 0.2) is 54.9 Å². The van der Waals surface area contributed by atoms with E-state index in [9.17, 15) is 9.59 Å². The number of carbonyl (C=O) groups excluding carboxylic acids is 2. The first-order valence-electron chi connectivity index (χ1n) is 9.52. The van der Waals surface area contributed by atoms with Gasteiger partial charge in [0.15, 0.2) is 24.0 Å². The molecular weight excluding hydrogens is 380 g/mol. The minimum absolute atomic E-state index is 0.364. The lowest BCUT2D eigenvalue weighted by atomic mass is 10.1. The Hall–Kier alpha value is -4.07. The fourth-order valence-corrected chi connectivity index (χ4v) is 2.86. The highest BCUT2D eigenvalue weighted by Gasteiger charge is 2.11. The quantitative estimate of drug-likeness (QED) is 0.465. The van der Waals surface area contributed by atoms with E-state index in [2.05, 4.69) is 25.7 Å². The number of nitrogens with one attached hydrogen (secondary N) is 2. The first-order chi connectivity index (χ1) is 14.7. The zero-order valence-corrected chi connectivity index (χ0v) is 17.0. The van der Waals surface area contributed by atoms with E-state index in [1.54, 1.807) is 19.2 Å². The third-order valence-corrected chi connectivity index (χ3v) is 4.24. The standard InChI is InChI=1S/C20H16N6O2.C2H6/c1-21-18-8-19(25-26-16(12-28)10-23-20(18)26)24-15-4-2-3-14(7-15)17-6-5-13(11-27)9-22-17;1-2/h2-12,21H,1H3,(H,24,25);1-2H3. The van der Waals surface area contributed by atoms with Gasteiger partial charge in [0.1, 0.15) is 5.69 Å². The zero-order valence-electron chi connectivity index (χ0n) is 17.0. The van der Waals surface area contributed by atoms with Crippen molar-refractivity contribution in [1.29, 1.82) is 0 Å². The van der Waals surface area contributed by atoms with E-state index in [-0.39, 0.29) is 0 Å². The van der Waals surface area contributed by atoms with E-state index in [0.717, 1.165) is 28.9 Å². The van der Waals surface area contributed by atoms with Crippen LogP contribution in [0.3, 0.4) is 0 Å². The van der Waals surface area contributed by atoms with Crippen molar-refractivity contribution in [2.24, 2.45) is 0 Å². The Morgan fingerprint density at radius 1 is 0.967 bits per heavy atom. The Balaban J connectivity index is 0.00000124. The van der Waals surface area contributed by atoms with Gasteiger partial charge in [-0.3, -0.25) is 14.6 Å². The summed E-state index contributed by atoms with van der Waals surface area (Å²) in [4.78, 5) is 30.6. The smallest absolute Gasteiger partial charge is 0.177 e. The van der Waals surface area contributed by atoms with E-state index in [0.29, 0.717) is 29.0 Å². The van der Waals surface area contributed by atoms with Crippen LogP contribution in [-0.2, 0) is 0 Å². The topological polar surface area (TPSA) is 101 Å². The largest absolute Gasteiger partial charge is 0.385 e. The van der Waals surface area contributed by atoms with Gasteiger partial charge in [-0.2, -0.15) is 0 Å². The molecule has 0 amide bonds. The van der Waals surface area contributed by atoms with Crippen LogP contribution in [0.2, 0.25) is 0 Å². The Bertz CT molecular complexity index is 1170. The molecule has 0 saturated heterocycles. The van der Waals surface area contributed by atoms with E-state index in [4.69, 9.17) is 0 Å². The lowest BCUT2D eigenvalue weighted by Crippen LogP contribution is -2.04. The van der Waals surface area contributed by atoms with Gasteiger partial charge in [-0.05, 0) is 24.3 Å². The maximum Gasteiger partial charge on any atom is 0.177 e. The zero-order chi connectivity index (χ0) is 21.5. The Kier molecular flexibility index (Phi) is 6.49. The van der Waals surface area contributed by atoms with Crippen LogP contribution >= 0.6 is 0 Å². The molecule has 4 rings (SSSR count). The van der Waals surface area contributed by atoms with E-state index >= 15 is 0 Å². The normalized spacial score (nSPS) is 10.1. The molecule has 8 heteroatoms. The van der Waals surface area contributed by atoms with Crippen LogP contribution in [0.4, 0.5) is 17.2 Å². The predicted octanol–water partition coefficient (Wildman–Crippen LogP) is 4.23. The summed E-state index contributed by atoms with van der Waals surface area (Å²) in [5, 5.41) is 10.8. The monoisotopic (exact) mass is 402 g/mol. The number of hydrogen-bond acceptors (Lipinski definition) is 7. The van der Waals surface area contributed by atoms with Crippen LogP contribution in [0, 0.1) is 0 Å². The summed E-state index contributed by atoms with van der Waals surface area (Å²) in [6.07, 6.45) is 4.50. The van der Waals surface area contributed by atoms with E-state index < -0.39 is 0 Å². The van der Waals surface area contributed by atoms with E-state index in [1.165, 1.54) is 16.9 Å². The minimum atomic E-state index is 0.364. The highest BCUT2D eigenvalue weighted by atomic mass is 16.1. The number of aromatic nitrogens is 4. The summed E-state index contributed by atoms with van der Waals surface area (Å²) in [5.74, 6) is 0.555. The van der Waals surface area contributed by atoms with Crippen LogP contribution in [0.25, 0.3) is 16.9 Å². The van der Waals surface area contributed by atoms with Crippen molar-refractivity contribution < 1.29 is 9.59 Å². The SMILES string of the molecule is CC.CNc1cc(Nc2cccc(-c3ccc(C=O)cn3)c2)nn2c(C=O)cnc12. The molecule has 0 atom stereocenters. The maximum absolute atomic E-state index is 11.2. The van der Waals surface area contributed by atoms with Gasteiger partial charge in [-0.1, -0.05) is 26.0 Å². The Labute approximate surface area is 174 Å². The van der Waals surface area contributed by atoms with Crippen molar-refractivity contribution in [3.63, 3.8) is 0 Å². The van der Waals surface area contributed by atoms with Gasteiger partial charge in [0, 0.05) is 36.1 Å². The van der Waals surface area contributed by atoms with Gasteiger partial charge in [-0.25, -0.2) is 9.50 Å². The van der Waals surface area contributed by atoms with Gasteiger partial charge in [0.2, 0.25) is 0 Å². The molecule has 0 bridgehead atoms. The van der Waals surface area contributed by atoms with Crippen LogP contribution in [0.1, 0.15) is 34.7 Å². The molecule has 0 radical (unpaired) electrons. The second-order valence-corrected chi connectivity index (χ2v) is 6.03. The van der Waals surface area contributed by atoms with Crippen molar-refractivity contribution >= 4 is 35.4 Å². The number of nitrogens with zero attached hydrogens (tertiary/aromatic N) is 4. The third-order valence-electron chi connectivity index (χ3n) is 4.24. The first-order valence-corrected chi connectivity index (χ1v) is 9.52. The number of rotatable bonds is 6. The fourth-order valence-electron chi connectivity index (χ4n) is 2.86. The molecule has 0 aliphatic heterocycles. The highest BCUT2D eigenvalue weighted by molar-refractivity contribution is 5.79. The molecule has 152 valence electrons. The van der Waals surface area contributed by atoms with Crippen molar-refractivity contribution in [1.82, 2.24) is 19.6 Å². The van der Waals surface area contributed by atoms with Crippen molar-refractivity contribution in [3.05, 3.63) is 66.1 Å². The minimum Gasteiger partial charge on any atom is -0.385 e. The Morgan fingerprint density at radius 2 is 1.80 bits per heavy atom. The molecule has 0 saturated carbocycles. The molecule has 4 aromatic rings. The molecule has 0 unspecified atom stereocenters. The van der Waals surface area contributed by atoms with Gasteiger partial charge in [-0.15, -0.1) is 5.10 Å². The number of hydrogen-bond donors (Lipinski definition) is 2. The highest BCUT2D eigenvalue weighted by Crippen LogP contribution is 2.25. The molecular formula is C22H22N6O2. The fraction of sp³-hybridized carbons (Fsp3) is 0.136. The molecule has 1 aromatic carbocycles. The molecule has 2 N–H and O–H groups in total. The number of fused-ring (bicyclic) bond motifs is 1. The number of aldehydes is 2. The number of pyridine rings is 1. The van der Waals surface area contributed by atoms with Crippen LogP contribution in [-0.4, -0.2) is 39.2 Å².